The molecular weight excluding hydrogens is 251 g/mol. The molecule has 16 heavy (non-hydrogen) atoms. The van der Waals surface area contributed by atoms with Gasteiger partial charge in [0.05, 0.1) is 10.0 Å². The number of carbonyl (C=O) groups is 1. The van der Waals surface area contributed by atoms with Gasteiger partial charge in [0.1, 0.15) is 0 Å². The Hall–Kier alpha value is -0.770. The zero-order valence-electron chi connectivity index (χ0n) is 8.74. The standard InChI is InChI=1S/C11H12Cl2O3/c1-2-16-9(11(14)15)6-7-4-3-5-8(12)10(7)13/h3-5,9H,2,6H2,1H3,(H,14,15)/t9-/m0/s1. The largest absolute Gasteiger partial charge is 0.479 e. The van der Waals surface area contributed by atoms with E-state index in [1.54, 1.807) is 25.1 Å². The molecule has 0 bridgehead atoms. The fourth-order valence-electron chi connectivity index (χ4n) is 1.32. The van der Waals surface area contributed by atoms with Crippen LogP contribution in [0.25, 0.3) is 0 Å². The van der Waals surface area contributed by atoms with Crippen molar-refractivity contribution in [1.29, 1.82) is 0 Å². The van der Waals surface area contributed by atoms with E-state index in [1.807, 2.05) is 0 Å². The van der Waals surface area contributed by atoms with E-state index in [0.29, 0.717) is 22.2 Å². The van der Waals surface area contributed by atoms with Gasteiger partial charge in [-0.2, -0.15) is 0 Å². The molecule has 1 aromatic rings. The van der Waals surface area contributed by atoms with Crippen LogP contribution in [0.15, 0.2) is 18.2 Å². The van der Waals surface area contributed by atoms with Crippen molar-refractivity contribution in [2.24, 2.45) is 0 Å². The van der Waals surface area contributed by atoms with Crippen LogP contribution in [0.1, 0.15) is 12.5 Å². The number of halogens is 2. The van der Waals surface area contributed by atoms with Crippen molar-refractivity contribution < 1.29 is 14.6 Å². The van der Waals surface area contributed by atoms with Crippen molar-refractivity contribution in [1.82, 2.24) is 0 Å². The molecule has 1 atom stereocenters. The highest BCUT2D eigenvalue weighted by molar-refractivity contribution is 6.42. The van der Waals surface area contributed by atoms with Crippen LogP contribution in [-0.2, 0) is 16.0 Å². The minimum absolute atomic E-state index is 0.211. The van der Waals surface area contributed by atoms with Gasteiger partial charge in [-0.3, -0.25) is 0 Å². The number of benzene rings is 1. The zero-order chi connectivity index (χ0) is 12.1. The fourth-order valence-corrected chi connectivity index (χ4v) is 1.72. The van der Waals surface area contributed by atoms with Crippen molar-refractivity contribution in [3.63, 3.8) is 0 Å². The van der Waals surface area contributed by atoms with Gasteiger partial charge >= 0.3 is 5.97 Å². The van der Waals surface area contributed by atoms with Crippen LogP contribution in [0.4, 0.5) is 0 Å². The van der Waals surface area contributed by atoms with Gasteiger partial charge in [-0.1, -0.05) is 35.3 Å². The molecule has 1 rings (SSSR count). The Balaban J connectivity index is 2.85. The van der Waals surface area contributed by atoms with E-state index >= 15 is 0 Å². The van der Waals surface area contributed by atoms with Gasteiger partial charge in [-0.15, -0.1) is 0 Å². The first-order chi connectivity index (χ1) is 7.56. The quantitative estimate of drug-likeness (QED) is 0.888. The van der Waals surface area contributed by atoms with Crippen LogP contribution in [0, 0.1) is 0 Å². The Morgan fingerprint density at radius 3 is 2.75 bits per heavy atom. The van der Waals surface area contributed by atoms with E-state index in [2.05, 4.69) is 0 Å². The van der Waals surface area contributed by atoms with Gasteiger partial charge in [-0.05, 0) is 18.6 Å². The lowest BCUT2D eigenvalue weighted by atomic mass is 10.1. The number of ether oxygens (including phenoxy) is 1. The number of aliphatic carboxylic acids is 1. The molecule has 0 spiro atoms. The number of rotatable bonds is 5. The van der Waals surface area contributed by atoms with Crippen LogP contribution in [0.3, 0.4) is 0 Å². The van der Waals surface area contributed by atoms with Crippen molar-refractivity contribution in [2.75, 3.05) is 6.61 Å². The SMILES string of the molecule is CCO[C@@H](Cc1cccc(Cl)c1Cl)C(=O)O. The Morgan fingerprint density at radius 1 is 1.50 bits per heavy atom. The first-order valence-corrected chi connectivity index (χ1v) is 5.59. The topological polar surface area (TPSA) is 46.5 Å². The predicted molar refractivity (Wildman–Crippen MR) is 63.2 cm³/mol. The summed E-state index contributed by atoms with van der Waals surface area (Å²) in [6.07, 6.45) is -0.677. The summed E-state index contributed by atoms with van der Waals surface area (Å²) < 4.78 is 5.10. The maximum atomic E-state index is 10.9. The second kappa shape index (κ2) is 6.09. The molecule has 0 saturated carbocycles. The first kappa shape index (κ1) is 13.3. The first-order valence-electron chi connectivity index (χ1n) is 4.83. The maximum absolute atomic E-state index is 10.9. The predicted octanol–water partition coefficient (Wildman–Crippen LogP) is 3.03. The van der Waals surface area contributed by atoms with Gasteiger partial charge < -0.3 is 9.84 Å². The van der Waals surface area contributed by atoms with Crippen molar-refractivity contribution in [2.45, 2.75) is 19.4 Å². The Morgan fingerprint density at radius 2 is 2.19 bits per heavy atom. The van der Waals surface area contributed by atoms with Gasteiger partial charge in [0.15, 0.2) is 6.10 Å². The van der Waals surface area contributed by atoms with Crippen LogP contribution >= 0.6 is 23.2 Å². The van der Waals surface area contributed by atoms with Crippen molar-refractivity contribution in [3.8, 4) is 0 Å². The normalized spacial score (nSPS) is 12.4. The summed E-state index contributed by atoms with van der Waals surface area (Å²) in [5.74, 6) is -1.00. The summed E-state index contributed by atoms with van der Waals surface area (Å²) in [6, 6.07) is 5.13. The van der Waals surface area contributed by atoms with E-state index in [0.717, 1.165) is 0 Å². The molecule has 88 valence electrons. The minimum atomic E-state index is -1.00. The summed E-state index contributed by atoms with van der Waals surface area (Å²) in [5.41, 5.74) is 0.676. The summed E-state index contributed by atoms with van der Waals surface area (Å²) in [7, 11) is 0. The molecular formula is C11H12Cl2O3. The third-order valence-corrected chi connectivity index (χ3v) is 2.94. The molecule has 0 aliphatic carbocycles. The smallest absolute Gasteiger partial charge is 0.333 e. The number of hydrogen-bond acceptors (Lipinski definition) is 2. The molecule has 0 aliphatic rings. The molecule has 3 nitrogen and oxygen atoms in total. The lowest BCUT2D eigenvalue weighted by Crippen LogP contribution is -2.26. The fraction of sp³-hybridized carbons (Fsp3) is 0.364. The van der Waals surface area contributed by atoms with Gasteiger partial charge in [0.2, 0.25) is 0 Å². The average Bonchev–Trinajstić information content (AvgIpc) is 2.23. The van der Waals surface area contributed by atoms with Gasteiger partial charge in [-0.25, -0.2) is 4.79 Å². The molecule has 0 saturated heterocycles. The Labute approximate surface area is 104 Å². The molecule has 0 heterocycles. The molecule has 5 heteroatoms. The van der Waals surface area contributed by atoms with E-state index in [4.69, 9.17) is 33.0 Å². The highest BCUT2D eigenvalue weighted by Gasteiger charge is 2.19. The molecule has 0 aromatic heterocycles. The third-order valence-electron chi connectivity index (χ3n) is 2.08. The van der Waals surface area contributed by atoms with Crippen molar-refractivity contribution >= 4 is 29.2 Å². The Bertz CT molecular complexity index is 379. The maximum Gasteiger partial charge on any atom is 0.333 e. The molecule has 1 aromatic carbocycles. The highest BCUT2D eigenvalue weighted by atomic mass is 35.5. The Kier molecular flexibility index (Phi) is 5.06. The van der Waals surface area contributed by atoms with E-state index < -0.39 is 12.1 Å². The highest BCUT2D eigenvalue weighted by Crippen LogP contribution is 2.26. The number of carboxylic acid groups (broad SMARTS) is 1. The van der Waals surface area contributed by atoms with Crippen molar-refractivity contribution in [3.05, 3.63) is 33.8 Å². The van der Waals surface area contributed by atoms with E-state index in [1.165, 1.54) is 0 Å². The second-order valence-corrected chi connectivity index (χ2v) is 3.98. The summed E-state index contributed by atoms with van der Waals surface area (Å²) >= 11 is 11.8. The van der Waals surface area contributed by atoms with Crippen LogP contribution in [0.5, 0.6) is 0 Å². The van der Waals surface area contributed by atoms with Gasteiger partial charge in [0.25, 0.3) is 0 Å². The minimum Gasteiger partial charge on any atom is -0.479 e. The molecule has 0 radical (unpaired) electrons. The monoisotopic (exact) mass is 262 g/mol. The summed E-state index contributed by atoms with van der Waals surface area (Å²) in [6.45, 7) is 2.09. The van der Waals surface area contributed by atoms with Crippen LogP contribution in [0.2, 0.25) is 10.0 Å². The summed E-state index contributed by atoms with van der Waals surface area (Å²) in [5, 5.41) is 9.73. The summed E-state index contributed by atoms with van der Waals surface area (Å²) in [4.78, 5) is 10.9. The zero-order valence-corrected chi connectivity index (χ0v) is 10.3. The molecule has 0 fully saturated rings. The van der Waals surface area contributed by atoms with Crippen LogP contribution < -0.4 is 0 Å². The third kappa shape index (κ3) is 3.37. The number of carboxylic acids is 1. The molecule has 0 amide bonds. The molecule has 1 N–H and O–H groups in total. The average molecular weight is 263 g/mol. The van der Waals surface area contributed by atoms with Gasteiger partial charge in [0, 0.05) is 13.0 Å². The second-order valence-electron chi connectivity index (χ2n) is 3.20. The molecule has 0 unspecified atom stereocenters. The molecule has 0 aliphatic heterocycles. The van der Waals surface area contributed by atoms with E-state index in [-0.39, 0.29) is 6.42 Å². The van der Waals surface area contributed by atoms with Crippen LogP contribution in [-0.4, -0.2) is 23.8 Å². The van der Waals surface area contributed by atoms with E-state index in [9.17, 15) is 4.79 Å². The number of hydrogen-bond donors (Lipinski definition) is 1. The lowest BCUT2D eigenvalue weighted by Gasteiger charge is -2.13. The lowest BCUT2D eigenvalue weighted by molar-refractivity contribution is -0.149.